The summed E-state index contributed by atoms with van der Waals surface area (Å²) in [6.45, 7) is 148. The van der Waals surface area contributed by atoms with Crippen molar-refractivity contribution in [3.05, 3.63) is 0 Å². The normalized spacial score (nSPS) is 12.6. The number of likely N-dealkylation sites (N-methyl/N-ethyl adjacent to an activating group) is 7. The predicted octanol–water partition coefficient (Wildman–Crippen LogP) is 17.6. The molecule has 0 aromatic carbocycles. The zero-order valence-corrected chi connectivity index (χ0v) is 111. The highest BCUT2D eigenvalue weighted by Gasteiger charge is 2.24. The van der Waals surface area contributed by atoms with E-state index in [2.05, 4.69) is 508 Å². The van der Waals surface area contributed by atoms with Crippen molar-refractivity contribution < 1.29 is 40.1 Å². The van der Waals surface area contributed by atoms with Gasteiger partial charge in [0.05, 0.1) is 59.7 Å². The molecule has 0 amide bonds. The maximum atomic E-state index is 8.73. The van der Waals surface area contributed by atoms with Gasteiger partial charge in [0.1, 0.15) is 0 Å². The molecule has 0 radical (unpaired) electrons. The van der Waals surface area contributed by atoms with Gasteiger partial charge in [-0.3, -0.25) is 19.6 Å². The summed E-state index contributed by atoms with van der Waals surface area (Å²) in [5.41, 5.74) is 3.20. The summed E-state index contributed by atoms with van der Waals surface area (Å²) in [5, 5.41) is 75.1. The van der Waals surface area contributed by atoms with E-state index in [1.165, 1.54) is 78.2 Å². The second-order valence-electron chi connectivity index (χ2n) is 53.1. The highest BCUT2D eigenvalue weighted by atomic mass is 16.5. The molecule has 28 nitrogen and oxygen atoms in total. The summed E-state index contributed by atoms with van der Waals surface area (Å²) in [6.07, 6.45) is 4.85. The van der Waals surface area contributed by atoms with Crippen LogP contribution in [0.2, 0.25) is 0 Å². The maximum Gasteiger partial charge on any atom is 0.0974 e. The van der Waals surface area contributed by atoms with E-state index in [9.17, 15) is 0 Å². The van der Waals surface area contributed by atoms with Crippen molar-refractivity contribution in [3.63, 3.8) is 0 Å². The van der Waals surface area contributed by atoms with Crippen LogP contribution in [-0.4, -0.2) is 486 Å². The van der Waals surface area contributed by atoms with Crippen molar-refractivity contribution in [1.29, 1.82) is 0 Å². The third-order valence-electron chi connectivity index (χ3n) is 23.4. The Bertz CT molecular complexity index is 2520. The average Bonchev–Trinajstić information content (AvgIpc) is 0.890. The zero-order chi connectivity index (χ0) is 118. The molecule has 146 heavy (non-hydrogen) atoms. The topological polar surface area (TPSA) is 266 Å². The first-order chi connectivity index (χ1) is 66.0. The van der Waals surface area contributed by atoms with Gasteiger partial charge < -0.3 is 121 Å². The molecule has 0 aliphatic rings. The van der Waals surface area contributed by atoms with Gasteiger partial charge in [0.25, 0.3) is 0 Å². The molecule has 0 aromatic heterocycles. The number of methoxy groups -OCH3 is 1. The third-order valence-corrected chi connectivity index (χ3v) is 23.4. The van der Waals surface area contributed by atoms with E-state index in [1.54, 1.807) is 12.0 Å². The Morgan fingerprint density at radius 2 is 0.514 bits per heavy atom. The Kier molecular flexibility index (Phi) is 116. The number of hydrogen-bond acceptors (Lipinski definition) is 28. The molecule has 0 fully saturated rings. The monoisotopic (exact) mass is 2110 g/mol. The van der Waals surface area contributed by atoms with Crippen molar-refractivity contribution in [2.45, 2.75) is 464 Å². The van der Waals surface area contributed by atoms with Crippen LogP contribution in [0.5, 0.6) is 0 Å². The van der Waals surface area contributed by atoms with Crippen LogP contribution >= 0.6 is 0 Å². The van der Waals surface area contributed by atoms with Crippen LogP contribution in [0, 0.1) is 5.41 Å². The molecule has 902 valence electrons. The van der Waals surface area contributed by atoms with E-state index >= 15 is 0 Å². The predicted molar refractivity (Wildman–Crippen MR) is 656 cm³/mol. The number of hydrogen-bond donors (Lipinski definition) is 13. The lowest BCUT2D eigenvalue weighted by atomic mass is 9.90. The lowest BCUT2D eigenvalue weighted by Gasteiger charge is -2.36. The molecular formula is C118H282N20O8. The van der Waals surface area contributed by atoms with Crippen LogP contribution in [0.3, 0.4) is 0 Å². The molecule has 0 unspecified atom stereocenters. The minimum atomic E-state index is -0.0774. The second-order valence-corrected chi connectivity index (χ2v) is 53.1. The standard InChI is InChI=1S/2C12H28N2.2C11H26N2.C11H25N.C9H22N2O2.C9H22N2.C8H20N2.2C8H19NO2.C7H17NO.C6H15NO.C6H15N/c1-10(2)14(11(3)4)9-8-13-12(5,6)7;1-7-13(8-2)10-11-14(9-3)12(4,5)6;1-7-13(8-2)10-9-12(6)11(3,4)5;1-6-13(7-2)10-8-9-12-11(3,4)5;1-6-12(7-2)10-8-9-11(3,4)5;1-9(2,3)10-5-4-6-11(7-12)8-13;1-9(2,3)11(6)8-7-10(4)5;1-8(2,3)9-6-7-10(4)5;1-8(2,3)9-4-6-11-7-5-10;1-8(2,3)9(4-6-10)5-7-11;1-7(2,3)8-5-6-9-4;1-6(2,3)7-4-5-8;1-6(2,3)7(4)5/h10-11,13H,8-9H2,1-7H3;7-11H2,1-6H3;7-10H2,1-6H3;12H,6-10H2,1-5H3;6-10H2,1-5H3;10,12-13H,4-8H2,1-3H3;7-8H2,1-6H3;9H,6-7H2,1-5H3;9-10H,4-7H2,1-3H3;10-11H,4-7H2,1-3H3;8H,5-6H2,1-4H3;7-8H,4-5H2,1-3H3;1-5H3. The molecule has 0 bridgehead atoms. The van der Waals surface area contributed by atoms with Crippen LogP contribution in [0.25, 0.3) is 0 Å². The number of ether oxygens (including phenoxy) is 2. The van der Waals surface area contributed by atoms with E-state index in [0.29, 0.717) is 72.5 Å². The van der Waals surface area contributed by atoms with Gasteiger partial charge in [-0.15, -0.1) is 0 Å². The average molecular weight is 2110 g/mol. The third kappa shape index (κ3) is 156. The second kappa shape index (κ2) is 98.3. The number of aliphatic hydroxyl groups excluding tert-OH is 6. The Balaban J connectivity index is -0.000000120. The van der Waals surface area contributed by atoms with Gasteiger partial charge in [-0.25, -0.2) is 0 Å². The Hall–Kier alpha value is -1.12. The van der Waals surface area contributed by atoms with Gasteiger partial charge in [-0.1, -0.05) is 83.1 Å². The van der Waals surface area contributed by atoms with Gasteiger partial charge in [0.15, 0.2) is 0 Å². The molecular weight excluding hydrogens is 1830 g/mol. The Morgan fingerprint density at radius 1 is 0.240 bits per heavy atom. The Labute approximate surface area is 918 Å². The lowest BCUT2D eigenvalue weighted by molar-refractivity contribution is 0.0287. The van der Waals surface area contributed by atoms with Gasteiger partial charge in [0, 0.05) is 190 Å². The number of rotatable bonds is 53. The molecule has 0 atom stereocenters. The molecule has 0 aliphatic heterocycles. The van der Waals surface area contributed by atoms with Crippen LogP contribution in [0.1, 0.15) is 386 Å². The summed E-state index contributed by atoms with van der Waals surface area (Å²) in [4.78, 5) is 29.9. The first-order valence-electron chi connectivity index (χ1n) is 57.2. The summed E-state index contributed by atoms with van der Waals surface area (Å²) in [6, 6.07) is 1.27. The number of β-amino-alcohol motifs (C(OH)–C–C–N with tert-alkyl or cyclic N) is 3. The van der Waals surface area contributed by atoms with E-state index in [0.717, 1.165) is 124 Å². The minimum absolute atomic E-state index is 0.0332. The van der Waals surface area contributed by atoms with Crippen LogP contribution in [-0.2, 0) is 9.47 Å². The molecule has 0 aliphatic carbocycles. The molecule has 0 rings (SSSR count). The molecule has 0 heterocycles. The molecule has 0 aromatic rings. The van der Waals surface area contributed by atoms with Gasteiger partial charge >= 0.3 is 0 Å². The SMILES string of the molecule is CC(C)(C)N(CCO)CCO.CC(C)(C)NCCCN(CO)CO.CC(C)(C)NCCO.CC(C)(C)NCCOCCO.CC(C)N(CCNC(C)(C)C)C(C)C.CCN(CC)CCCC(C)(C)C.CCN(CC)CCCNC(C)(C)C.CCN(CC)CCN(C)C(C)(C)C.CCN(CC)CCN(CC)C(C)(C)C.CN(C)C(C)(C)C.CN(C)CCN(C)C(C)(C)C.CN(C)CCNC(C)(C)C.COCCNC(C)(C)C. The first-order valence-corrected chi connectivity index (χ1v) is 57.2. The van der Waals surface area contributed by atoms with E-state index < -0.39 is 0 Å². The first kappa shape index (κ1) is 172. The highest BCUT2D eigenvalue weighted by molar-refractivity contribution is 4.82. The van der Waals surface area contributed by atoms with Gasteiger partial charge in [0.2, 0.25) is 0 Å². The summed E-state index contributed by atoms with van der Waals surface area (Å²) in [5.74, 6) is 0. The van der Waals surface area contributed by atoms with Crippen molar-refractivity contribution >= 4 is 0 Å². The van der Waals surface area contributed by atoms with E-state index in [1.807, 2.05) is 4.90 Å². The number of aliphatic hydroxyl groups is 6. The maximum absolute atomic E-state index is 8.73. The quantitative estimate of drug-likeness (QED) is 0.0199. The molecule has 0 saturated carbocycles. The largest absolute Gasteiger partial charge is 0.395 e. The molecule has 0 saturated heterocycles. The Morgan fingerprint density at radius 3 is 0.753 bits per heavy atom. The van der Waals surface area contributed by atoms with E-state index in [-0.39, 0.29) is 84.2 Å². The zero-order valence-electron chi connectivity index (χ0n) is 111. The lowest BCUT2D eigenvalue weighted by Crippen LogP contribution is -2.45. The smallest absolute Gasteiger partial charge is 0.0974 e. The van der Waals surface area contributed by atoms with Crippen LogP contribution in [0.15, 0.2) is 0 Å². The summed E-state index contributed by atoms with van der Waals surface area (Å²) < 4.78 is 9.94. The van der Waals surface area contributed by atoms with Crippen molar-refractivity contribution in [1.82, 2.24) is 101 Å². The van der Waals surface area contributed by atoms with Crippen molar-refractivity contribution in [3.8, 4) is 0 Å². The van der Waals surface area contributed by atoms with Crippen LogP contribution in [0.4, 0.5) is 0 Å². The fourth-order valence-electron chi connectivity index (χ4n) is 12.2. The highest BCUT2D eigenvalue weighted by Crippen LogP contribution is 2.21. The van der Waals surface area contributed by atoms with Crippen molar-refractivity contribution in [2.75, 3.05) is 313 Å². The number of nitrogens with one attached hydrogen (secondary N) is 7. The van der Waals surface area contributed by atoms with Gasteiger partial charge in [-0.05, 0) is 450 Å². The summed E-state index contributed by atoms with van der Waals surface area (Å²) in [7, 11) is 18.6. The fraction of sp³-hybridized carbons (Fsp3) is 1.00. The van der Waals surface area contributed by atoms with Gasteiger partial charge in [-0.2, -0.15) is 0 Å². The fourth-order valence-corrected chi connectivity index (χ4v) is 12.2. The summed E-state index contributed by atoms with van der Waals surface area (Å²) >= 11 is 0. The minimum Gasteiger partial charge on any atom is -0.395 e. The molecule has 0 spiro atoms. The molecule has 13 N–H and O–H groups in total. The number of nitrogens with zero attached hydrogens (tertiary/aromatic N) is 13. The van der Waals surface area contributed by atoms with Crippen molar-refractivity contribution in [2.24, 2.45) is 5.41 Å². The van der Waals surface area contributed by atoms with E-state index in [4.69, 9.17) is 40.1 Å². The van der Waals surface area contributed by atoms with Crippen LogP contribution < -0.4 is 37.2 Å². The molecule has 28 heteroatoms.